The van der Waals surface area contributed by atoms with Gasteiger partial charge in [0.1, 0.15) is 19.3 Å². The van der Waals surface area contributed by atoms with Crippen molar-refractivity contribution in [1.82, 2.24) is 9.88 Å². The Morgan fingerprint density at radius 1 is 1.15 bits per heavy atom. The lowest BCUT2D eigenvalue weighted by Gasteiger charge is -2.37. The molecule has 0 bridgehead atoms. The number of benzene rings is 1. The summed E-state index contributed by atoms with van der Waals surface area (Å²) in [6, 6.07) is 13.5. The second-order valence-electron chi connectivity index (χ2n) is 6.81. The fraction of sp³-hybridized carbons (Fsp3) is 0.400. The van der Waals surface area contributed by atoms with Crippen LogP contribution in [0, 0.1) is 0 Å². The maximum Gasteiger partial charge on any atom is 0.257 e. The number of para-hydroxylation sites is 1. The molecule has 3 heterocycles. The first-order valence-corrected chi connectivity index (χ1v) is 9.32. The fourth-order valence-electron chi connectivity index (χ4n) is 3.70. The van der Waals surface area contributed by atoms with E-state index < -0.39 is 0 Å². The average molecular weight is 353 g/mol. The normalized spacial score (nSPS) is 20.5. The van der Waals surface area contributed by atoms with Gasteiger partial charge in [-0.1, -0.05) is 18.2 Å². The van der Waals surface area contributed by atoms with Crippen molar-refractivity contribution in [3.8, 4) is 0 Å². The van der Waals surface area contributed by atoms with E-state index in [4.69, 9.17) is 4.74 Å². The molecular weight excluding hydrogens is 328 g/mol. The van der Waals surface area contributed by atoms with Crippen LogP contribution >= 0.6 is 0 Å². The topological polar surface area (TPSA) is 58.9 Å². The highest BCUT2D eigenvalue weighted by Crippen LogP contribution is 2.32. The fourth-order valence-corrected chi connectivity index (χ4v) is 3.70. The third kappa shape index (κ3) is 3.57. The molecule has 26 heavy (non-hydrogen) atoms. The Hall–Kier alpha value is -2.44. The Morgan fingerprint density at radius 3 is 2.77 bits per heavy atom. The lowest BCUT2D eigenvalue weighted by atomic mass is 10.1. The van der Waals surface area contributed by atoms with E-state index in [2.05, 4.69) is 10.3 Å². The van der Waals surface area contributed by atoms with E-state index in [1.54, 1.807) is 11.1 Å². The first-order valence-electron chi connectivity index (χ1n) is 9.32. The van der Waals surface area contributed by atoms with E-state index in [9.17, 15) is 4.79 Å². The summed E-state index contributed by atoms with van der Waals surface area (Å²) in [4.78, 5) is 21.1. The predicted octanol–water partition coefficient (Wildman–Crippen LogP) is 0.953. The molecule has 0 spiro atoms. The summed E-state index contributed by atoms with van der Waals surface area (Å²) in [5, 5.41) is 3.50. The molecule has 1 aromatic heterocycles. The third-order valence-electron chi connectivity index (χ3n) is 5.12. The molecule has 2 aliphatic heterocycles. The van der Waals surface area contributed by atoms with Crippen LogP contribution < -0.4 is 10.2 Å². The van der Waals surface area contributed by atoms with Gasteiger partial charge >= 0.3 is 0 Å². The molecule has 4 rings (SSSR count). The van der Waals surface area contributed by atoms with E-state index in [1.165, 1.54) is 0 Å². The summed E-state index contributed by atoms with van der Waals surface area (Å²) in [5.74, 6) is 0.0759. The standard InChI is InChI=1S/C20H24N4O2/c25-20-16-6-1-2-7-17(16)22-19(18-8-3-4-9-21-18)24(20)11-5-10-23-12-14-26-15-13-23/h1-4,6-9,19,22H,5,10-15H2/p+1/t19-/m0/s1. The van der Waals surface area contributed by atoms with E-state index in [1.807, 2.05) is 47.4 Å². The van der Waals surface area contributed by atoms with Crippen LogP contribution in [0.3, 0.4) is 0 Å². The monoisotopic (exact) mass is 353 g/mol. The minimum absolute atomic E-state index is 0.0759. The summed E-state index contributed by atoms with van der Waals surface area (Å²) in [5.41, 5.74) is 2.48. The van der Waals surface area contributed by atoms with Gasteiger partial charge in [0.25, 0.3) is 5.91 Å². The molecule has 0 radical (unpaired) electrons. The van der Waals surface area contributed by atoms with Crippen molar-refractivity contribution >= 4 is 11.6 Å². The van der Waals surface area contributed by atoms with Gasteiger partial charge in [-0.05, 0) is 24.3 Å². The highest BCUT2D eigenvalue weighted by atomic mass is 16.5. The Kier molecular flexibility index (Phi) is 5.13. The molecule has 1 fully saturated rings. The number of aromatic nitrogens is 1. The van der Waals surface area contributed by atoms with Crippen LogP contribution in [0.25, 0.3) is 0 Å². The smallest absolute Gasteiger partial charge is 0.257 e. The van der Waals surface area contributed by atoms with Gasteiger partial charge < -0.3 is 19.9 Å². The predicted molar refractivity (Wildman–Crippen MR) is 99.1 cm³/mol. The molecule has 6 heteroatoms. The highest BCUT2D eigenvalue weighted by Gasteiger charge is 2.33. The number of carbonyl (C=O) groups excluding carboxylic acids is 1. The lowest BCUT2D eigenvalue weighted by Crippen LogP contribution is -3.14. The number of pyridine rings is 1. The number of morpholine rings is 1. The zero-order valence-electron chi connectivity index (χ0n) is 14.9. The first-order chi connectivity index (χ1) is 12.8. The Balaban J connectivity index is 1.51. The molecule has 1 saturated heterocycles. The number of hydrogen-bond donors (Lipinski definition) is 2. The molecule has 2 N–H and O–H groups in total. The van der Waals surface area contributed by atoms with Crippen molar-refractivity contribution in [2.45, 2.75) is 12.6 Å². The van der Waals surface area contributed by atoms with Crippen molar-refractivity contribution < 1.29 is 14.4 Å². The average Bonchev–Trinajstić information content (AvgIpc) is 2.71. The number of nitrogens with one attached hydrogen (secondary N) is 2. The highest BCUT2D eigenvalue weighted by molar-refractivity contribution is 6.01. The van der Waals surface area contributed by atoms with E-state index in [0.717, 1.165) is 56.2 Å². The molecule has 6 nitrogen and oxygen atoms in total. The van der Waals surface area contributed by atoms with Gasteiger partial charge in [-0.3, -0.25) is 9.78 Å². The summed E-state index contributed by atoms with van der Waals surface area (Å²) < 4.78 is 5.42. The van der Waals surface area contributed by atoms with Gasteiger partial charge in [0, 0.05) is 24.8 Å². The van der Waals surface area contributed by atoms with Crippen LogP contribution in [0.15, 0.2) is 48.7 Å². The number of fused-ring (bicyclic) bond motifs is 1. The number of carbonyl (C=O) groups is 1. The summed E-state index contributed by atoms with van der Waals surface area (Å²) in [6.07, 6.45) is 2.52. The number of quaternary nitrogens is 1. The van der Waals surface area contributed by atoms with Crippen LogP contribution in [0.5, 0.6) is 0 Å². The van der Waals surface area contributed by atoms with E-state index in [0.29, 0.717) is 6.54 Å². The number of anilines is 1. The molecule has 2 aliphatic rings. The van der Waals surface area contributed by atoms with Gasteiger partial charge in [0.05, 0.1) is 31.0 Å². The quantitative estimate of drug-likeness (QED) is 0.840. The van der Waals surface area contributed by atoms with Gasteiger partial charge in [0.15, 0.2) is 0 Å². The number of rotatable bonds is 5. The molecule has 2 aromatic rings. The van der Waals surface area contributed by atoms with E-state index >= 15 is 0 Å². The van der Waals surface area contributed by atoms with Crippen molar-refractivity contribution in [3.05, 3.63) is 59.9 Å². The van der Waals surface area contributed by atoms with Gasteiger partial charge in [-0.25, -0.2) is 0 Å². The number of hydrogen-bond acceptors (Lipinski definition) is 4. The van der Waals surface area contributed by atoms with Gasteiger partial charge in [-0.15, -0.1) is 0 Å². The molecule has 0 saturated carbocycles. The number of nitrogens with zero attached hydrogens (tertiary/aromatic N) is 2. The van der Waals surface area contributed by atoms with Gasteiger partial charge in [-0.2, -0.15) is 0 Å². The van der Waals surface area contributed by atoms with Gasteiger partial charge in [0.2, 0.25) is 0 Å². The largest absolute Gasteiger partial charge is 0.370 e. The molecule has 1 atom stereocenters. The number of amides is 1. The minimum atomic E-state index is -0.224. The molecule has 1 amide bonds. The summed E-state index contributed by atoms with van der Waals surface area (Å²) in [6.45, 7) is 5.56. The second-order valence-corrected chi connectivity index (χ2v) is 6.81. The SMILES string of the molecule is O=C1c2ccccc2N[C@H](c2ccccn2)N1CCC[NH+]1CCOCC1. The molecule has 136 valence electrons. The summed E-state index contributed by atoms with van der Waals surface area (Å²) in [7, 11) is 0. The Labute approximate surface area is 153 Å². The van der Waals surface area contributed by atoms with Crippen LogP contribution in [0.2, 0.25) is 0 Å². The summed E-state index contributed by atoms with van der Waals surface area (Å²) >= 11 is 0. The molecule has 0 aliphatic carbocycles. The van der Waals surface area contributed by atoms with Crippen LogP contribution in [-0.4, -0.2) is 55.2 Å². The van der Waals surface area contributed by atoms with Crippen molar-refractivity contribution in [3.63, 3.8) is 0 Å². The Morgan fingerprint density at radius 2 is 1.96 bits per heavy atom. The van der Waals surface area contributed by atoms with Crippen LogP contribution in [0.1, 0.15) is 28.6 Å². The third-order valence-corrected chi connectivity index (χ3v) is 5.12. The van der Waals surface area contributed by atoms with Crippen LogP contribution in [0.4, 0.5) is 5.69 Å². The maximum atomic E-state index is 13.1. The lowest BCUT2D eigenvalue weighted by molar-refractivity contribution is -0.908. The molecular formula is C20H25N4O2+. The first kappa shape index (κ1) is 17.0. The van der Waals surface area contributed by atoms with Crippen molar-refractivity contribution in [2.75, 3.05) is 44.7 Å². The van der Waals surface area contributed by atoms with Crippen molar-refractivity contribution in [1.29, 1.82) is 0 Å². The Bertz CT molecular complexity index is 746. The maximum absolute atomic E-state index is 13.1. The zero-order valence-corrected chi connectivity index (χ0v) is 14.9. The zero-order chi connectivity index (χ0) is 17.8. The number of ether oxygens (including phenoxy) is 1. The molecule has 1 aromatic carbocycles. The van der Waals surface area contributed by atoms with E-state index in [-0.39, 0.29) is 12.1 Å². The second kappa shape index (κ2) is 7.85. The van der Waals surface area contributed by atoms with Crippen molar-refractivity contribution in [2.24, 2.45) is 0 Å². The van der Waals surface area contributed by atoms with Crippen LogP contribution in [-0.2, 0) is 4.74 Å². The minimum Gasteiger partial charge on any atom is -0.370 e. The molecule has 0 unspecified atom stereocenters.